The van der Waals surface area contributed by atoms with E-state index in [1.807, 2.05) is 0 Å². The summed E-state index contributed by atoms with van der Waals surface area (Å²) in [6, 6.07) is 10.9. The van der Waals surface area contributed by atoms with Crippen molar-refractivity contribution in [3.8, 4) is 5.69 Å². The molecule has 0 bridgehead atoms. The second-order valence-corrected chi connectivity index (χ2v) is 6.95. The van der Waals surface area contributed by atoms with Crippen LogP contribution in [0.2, 0.25) is 5.02 Å². The van der Waals surface area contributed by atoms with Crippen LogP contribution in [0.3, 0.4) is 0 Å². The van der Waals surface area contributed by atoms with Crippen molar-refractivity contribution in [2.75, 3.05) is 10.6 Å². The van der Waals surface area contributed by atoms with Crippen LogP contribution in [0, 0.1) is 5.82 Å². The highest BCUT2D eigenvalue weighted by molar-refractivity contribution is 6.33. The molecule has 5 rings (SSSR count). The van der Waals surface area contributed by atoms with Gasteiger partial charge in [0.05, 0.1) is 11.9 Å². The molecular formula is C19H12ClFN4O2. The number of anilines is 2. The van der Waals surface area contributed by atoms with Gasteiger partial charge < -0.3 is 10.6 Å². The predicted molar refractivity (Wildman–Crippen MR) is 97.6 cm³/mol. The maximum Gasteiger partial charge on any atom is 0.240 e. The van der Waals surface area contributed by atoms with Gasteiger partial charge in [-0.25, -0.2) is 9.07 Å². The first kappa shape index (κ1) is 16.0. The fraction of sp³-hybridized carbons (Fsp3) is 0.105. The number of nitrogens with one attached hydrogen (secondary N) is 2. The molecule has 2 aromatic carbocycles. The Morgan fingerprint density at radius 1 is 1.11 bits per heavy atom. The molecule has 6 nitrogen and oxygen atoms in total. The largest absolute Gasteiger partial charge is 0.325 e. The Labute approximate surface area is 157 Å². The SMILES string of the molecule is O=C1C[C@]2(C(=O)Nc3cccc(Cl)c32)c2cnn(-c3ccc(F)cc3)c2N1. The highest BCUT2D eigenvalue weighted by Crippen LogP contribution is 2.52. The van der Waals surface area contributed by atoms with E-state index in [1.54, 1.807) is 36.5 Å². The van der Waals surface area contributed by atoms with Crippen molar-refractivity contribution >= 4 is 34.9 Å². The van der Waals surface area contributed by atoms with Crippen LogP contribution in [0.25, 0.3) is 5.69 Å². The standard InChI is InChI=1S/C19H12ClFN4O2/c20-13-2-1-3-14-16(13)19(18(27)23-14)8-15(26)24-17-12(19)9-22-25(17)11-6-4-10(21)5-7-11/h1-7,9H,8H2,(H,23,27)(H,24,26)/t19-/m0/s1. The molecule has 2 N–H and O–H groups in total. The molecule has 3 aromatic rings. The first-order valence-electron chi connectivity index (χ1n) is 8.25. The highest BCUT2D eigenvalue weighted by Gasteiger charge is 2.55. The minimum Gasteiger partial charge on any atom is -0.325 e. The summed E-state index contributed by atoms with van der Waals surface area (Å²) in [6.45, 7) is 0. The summed E-state index contributed by atoms with van der Waals surface area (Å²) in [5.41, 5.74) is 1.03. The average Bonchev–Trinajstić information content (AvgIpc) is 3.17. The van der Waals surface area contributed by atoms with Gasteiger partial charge in [-0.1, -0.05) is 17.7 Å². The van der Waals surface area contributed by atoms with Gasteiger partial charge in [0.15, 0.2) is 0 Å². The molecule has 1 spiro atoms. The number of rotatable bonds is 1. The molecule has 134 valence electrons. The fourth-order valence-corrected chi connectivity index (χ4v) is 4.24. The van der Waals surface area contributed by atoms with Crippen molar-refractivity contribution in [2.45, 2.75) is 11.8 Å². The minimum absolute atomic E-state index is 0.0717. The summed E-state index contributed by atoms with van der Waals surface area (Å²) >= 11 is 6.42. The van der Waals surface area contributed by atoms with Crippen LogP contribution in [0.1, 0.15) is 17.5 Å². The molecule has 1 aromatic heterocycles. The van der Waals surface area contributed by atoms with Gasteiger partial charge in [0, 0.05) is 28.3 Å². The van der Waals surface area contributed by atoms with Crippen LogP contribution < -0.4 is 10.6 Å². The quantitative estimate of drug-likeness (QED) is 0.678. The van der Waals surface area contributed by atoms with Crippen molar-refractivity contribution < 1.29 is 14.0 Å². The van der Waals surface area contributed by atoms with Gasteiger partial charge in [0.25, 0.3) is 0 Å². The van der Waals surface area contributed by atoms with Crippen LogP contribution in [0.5, 0.6) is 0 Å². The smallest absolute Gasteiger partial charge is 0.240 e. The van der Waals surface area contributed by atoms with Crippen molar-refractivity contribution in [1.82, 2.24) is 9.78 Å². The van der Waals surface area contributed by atoms with E-state index in [9.17, 15) is 14.0 Å². The topological polar surface area (TPSA) is 76.0 Å². The number of amides is 2. The van der Waals surface area contributed by atoms with Gasteiger partial charge in [0.1, 0.15) is 17.1 Å². The third-order valence-electron chi connectivity index (χ3n) is 5.06. The Morgan fingerprint density at radius 3 is 2.67 bits per heavy atom. The number of benzene rings is 2. The summed E-state index contributed by atoms with van der Waals surface area (Å²) in [5, 5.41) is 10.4. The molecule has 3 heterocycles. The Hall–Kier alpha value is -3.19. The van der Waals surface area contributed by atoms with Crippen LogP contribution in [-0.4, -0.2) is 21.6 Å². The number of nitrogens with zero attached hydrogens (tertiary/aromatic N) is 2. The molecule has 0 fully saturated rings. The molecule has 2 amide bonds. The van der Waals surface area contributed by atoms with Gasteiger partial charge in [-0.15, -0.1) is 0 Å². The van der Waals surface area contributed by atoms with E-state index >= 15 is 0 Å². The lowest BCUT2D eigenvalue weighted by Crippen LogP contribution is -2.43. The summed E-state index contributed by atoms with van der Waals surface area (Å²) < 4.78 is 14.7. The van der Waals surface area contributed by atoms with E-state index in [0.29, 0.717) is 33.3 Å². The normalized spacial score (nSPS) is 20.2. The van der Waals surface area contributed by atoms with E-state index < -0.39 is 5.41 Å². The van der Waals surface area contributed by atoms with Gasteiger partial charge >= 0.3 is 0 Å². The molecule has 8 heteroatoms. The van der Waals surface area contributed by atoms with Gasteiger partial charge in [-0.3, -0.25) is 9.59 Å². The zero-order chi connectivity index (χ0) is 18.8. The molecule has 0 saturated carbocycles. The van der Waals surface area contributed by atoms with Crippen molar-refractivity contribution in [3.05, 3.63) is 70.6 Å². The molecule has 2 aliphatic heterocycles. The Morgan fingerprint density at radius 2 is 1.89 bits per heavy atom. The lowest BCUT2D eigenvalue weighted by Gasteiger charge is -2.32. The molecule has 2 aliphatic rings. The Kier molecular flexibility index (Phi) is 3.21. The number of hydrogen-bond acceptors (Lipinski definition) is 3. The van der Waals surface area contributed by atoms with E-state index in [0.717, 1.165) is 0 Å². The van der Waals surface area contributed by atoms with Crippen LogP contribution in [0.4, 0.5) is 15.9 Å². The van der Waals surface area contributed by atoms with Gasteiger partial charge in [0.2, 0.25) is 11.8 Å². The lowest BCUT2D eigenvalue weighted by molar-refractivity contribution is -0.125. The summed E-state index contributed by atoms with van der Waals surface area (Å²) in [5.74, 6) is -0.647. The average molecular weight is 383 g/mol. The highest BCUT2D eigenvalue weighted by atomic mass is 35.5. The van der Waals surface area contributed by atoms with Crippen molar-refractivity contribution in [3.63, 3.8) is 0 Å². The zero-order valence-corrected chi connectivity index (χ0v) is 14.5. The number of aromatic nitrogens is 2. The second-order valence-electron chi connectivity index (χ2n) is 6.54. The van der Waals surface area contributed by atoms with Crippen molar-refractivity contribution in [1.29, 1.82) is 0 Å². The third kappa shape index (κ3) is 2.09. The first-order valence-corrected chi connectivity index (χ1v) is 8.63. The Bertz CT molecular complexity index is 1130. The van der Waals surface area contributed by atoms with Crippen LogP contribution >= 0.6 is 11.6 Å². The first-order chi connectivity index (χ1) is 13.0. The number of hydrogen-bond donors (Lipinski definition) is 2. The molecule has 0 saturated heterocycles. The molecule has 0 aliphatic carbocycles. The van der Waals surface area contributed by atoms with Gasteiger partial charge in [-0.05, 0) is 36.4 Å². The number of carbonyl (C=O) groups excluding carboxylic acids is 2. The summed E-state index contributed by atoms with van der Waals surface area (Å²) in [4.78, 5) is 25.6. The lowest BCUT2D eigenvalue weighted by atomic mass is 9.72. The third-order valence-corrected chi connectivity index (χ3v) is 5.37. The minimum atomic E-state index is -1.25. The summed E-state index contributed by atoms with van der Waals surface area (Å²) in [6.07, 6.45) is 1.48. The number of halogens is 2. The summed E-state index contributed by atoms with van der Waals surface area (Å²) in [7, 11) is 0. The maximum absolute atomic E-state index is 13.3. The fourth-order valence-electron chi connectivity index (χ4n) is 3.90. The van der Waals surface area contributed by atoms with Crippen LogP contribution in [-0.2, 0) is 15.0 Å². The second kappa shape index (κ2) is 5.40. The number of fused-ring (bicyclic) bond motifs is 4. The number of carbonyl (C=O) groups is 2. The van der Waals surface area contributed by atoms with E-state index in [1.165, 1.54) is 16.8 Å². The van der Waals surface area contributed by atoms with Crippen molar-refractivity contribution in [2.24, 2.45) is 0 Å². The van der Waals surface area contributed by atoms with Gasteiger partial charge in [-0.2, -0.15) is 5.10 Å². The molecule has 1 atom stereocenters. The molecular weight excluding hydrogens is 371 g/mol. The molecule has 0 radical (unpaired) electrons. The molecule has 27 heavy (non-hydrogen) atoms. The van der Waals surface area contributed by atoms with E-state index in [-0.39, 0.29) is 24.1 Å². The Balaban J connectivity index is 1.77. The van der Waals surface area contributed by atoms with E-state index in [2.05, 4.69) is 15.7 Å². The zero-order valence-electron chi connectivity index (χ0n) is 13.8. The molecule has 0 unspecified atom stereocenters. The predicted octanol–water partition coefficient (Wildman–Crippen LogP) is 3.25. The van der Waals surface area contributed by atoms with Crippen LogP contribution in [0.15, 0.2) is 48.7 Å². The monoisotopic (exact) mass is 382 g/mol. The van der Waals surface area contributed by atoms with E-state index in [4.69, 9.17) is 11.6 Å². The maximum atomic E-state index is 13.3.